The lowest BCUT2D eigenvalue weighted by Crippen LogP contribution is -2.50. The predicted molar refractivity (Wildman–Crippen MR) is 87.2 cm³/mol. The van der Waals surface area contributed by atoms with Crippen LogP contribution in [0.2, 0.25) is 0 Å². The minimum atomic E-state index is -0.389. The van der Waals surface area contributed by atoms with Crippen molar-refractivity contribution in [2.24, 2.45) is 0 Å². The zero-order valence-electron chi connectivity index (χ0n) is 14.0. The number of nitrogens with one attached hydrogen (secondary N) is 1. The van der Waals surface area contributed by atoms with Crippen molar-refractivity contribution in [2.75, 3.05) is 45.7 Å². The molecule has 1 N–H and O–H groups in total. The van der Waals surface area contributed by atoms with Gasteiger partial charge in [-0.1, -0.05) is 0 Å². The molecule has 1 saturated heterocycles. The van der Waals surface area contributed by atoms with Gasteiger partial charge in [0.1, 0.15) is 5.75 Å². The molecule has 8 nitrogen and oxygen atoms in total. The van der Waals surface area contributed by atoms with Crippen LogP contribution >= 0.6 is 0 Å². The van der Waals surface area contributed by atoms with Gasteiger partial charge < -0.3 is 24.6 Å². The molecule has 1 aromatic carbocycles. The number of hydrogen-bond acceptors (Lipinski definition) is 5. The van der Waals surface area contributed by atoms with E-state index >= 15 is 0 Å². The monoisotopic (exact) mass is 335 g/mol. The second-order valence-corrected chi connectivity index (χ2v) is 5.35. The van der Waals surface area contributed by atoms with Gasteiger partial charge >= 0.3 is 6.09 Å². The Morgan fingerprint density at radius 1 is 1.04 bits per heavy atom. The highest BCUT2D eigenvalue weighted by molar-refractivity contribution is 5.98. The molecule has 1 heterocycles. The maximum Gasteiger partial charge on any atom is 0.409 e. The molecule has 0 atom stereocenters. The number of nitrogens with zero attached hydrogens (tertiary/aromatic N) is 2. The largest absolute Gasteiger partial charge is 0.495 e. The number of rotatable bonds is 3. The van der Waals surface area contributed by atoms with E-state index < -0.39 is 0 Å². The Balaban J connectivity index is 2.10. The van der Waals surface area contributed by atoms with E-state index in [9.17, 15) is 14.4 Å². The summed E-state index contributed by atoms with van der Waals surface area (Å²) in [5.74, 6) is 0.0793. The first kappa shape index (κ1) is 17.6. The van der Waals surface area contributed by atoms with Crippen molar-refractivity contribution in [1.29, 1.82) is 0 Å². The summed E-state index contributed by atoms with van der Waals surface area (Å²) >= 11 is 0. The van der Waals surface area contributed by atoms with Crippen molar-refractivity contribution in [3.63, 3.8) is 0 Å². The Labute approximate surface area is 140 Å². The molecule has 0 spiro atoms. The van der Waals surface area contributed by atoms with E-state index in [4.69, 9.17) is 4.74 Å². The van der Waals surface area contributed by atoms with Crippen molar-refractivity contribution in [2.45, 2.75) is 6.92 Å². The molecule has 8 heteroatoms. The van der Waals surface area contributed by atoms with Crippen molar-refractivity contribution in [1.82, 2.24) is 9.80 Å². The molecule has 0 saturated carbocycles. The van der Waals surface area contributed by atoms with Crippen molar-refractivity contribution < 1.29 is 23.9 Å². The average Bonchev–Trinajstić information content (AvgIpc) is 2.60. The van der Waals surface area contributed by atoms with Crippen LogP contribution in [-0.4, -0.2) is 68.1 Å². The normalized spacial score (nSPS) is 14.1. The zero-order chi connectivity index (χ0) is 17.7. The highest BCUT2D eigenvalue weighted by Crippen LogP contribution is 2.26. The van der Waals surface area contributed by atoms with Crippen LogP contribution in [0.1, 0.15) is 17.3 Å². The maximum atomic E-state index is 12.6. The summed E-state index contributed by atoms with van der Waals surface area (Å²) in [4.78, 5) is 38.6. The Hall–Kier alpha value is -2.77. The number of hydrogen-bond donors (Lipinski definition) is 1. The first-order valence-corrected chi connectivity index (χ1v) is 7.54. The molecule has 2 rings (SSSR count). The summed E-state index contributed by atoms with van der Waals surface area (Å²) in [5, 5.41) is 2.65. The van der Waals surface area contributed by atoms with Crippen LogP contribution < -0.4 is 10.1 Å². The summed E-state index contributed by atoms with van der Waals surface area (Å²) < 4.78 is 9.86. The second kappa shape index (κ2) is 7.67. The van der Waals surface area contributed by atoms with Crippen LogP contribution in [0.25, 0.3) is 0 Å². The standard InChI is InChI=1S/C16H21N3O5/c1-11(20)17-13-10-12(4-5-14(13)23-2)15(21)18-6-8-19(9-7-18)16(22)24-3/h4-5,10H,6-9H2,1-3H3,(H,17,20). The molecular weight excluding hydrogens is 314 g/mol. The first-order chi connectivity index (χ1) is 11.5. The fraction of sp³-hybridized carbons (Fsp3) is 0.438. The molecule has 24 heavy (non-hydrogen) atoms. The van der Waals surface area contributed by atoms with Crippen LogP contribution in [0.4, 0.5) is 10.5 Å². The molecule has 0 aliphatic carbocycles. The van der Waals surface area contributed by atoms with Crippen molar-refractivity contribution in [3.8, 4) is 5.75 Å². The van der Waals surface area contributed by atoms with Gasteiger partial charge in [0.25, 0.3) is 5.91 Å². The smallest absolute Gasteiger partial charge is 0.409 e. The average molecular weight is 335 g/mol. The third kappa shape index (κ3) is 3.95. The lowest BCUT2D eigenvalue weighted by atomic mass is 10.1. The Morgan fingerprint density at radius 2 is 1.67 bits per heavy atom. The van der Waals surface area contributed by atoms with Gasteiger partial charge in [-0.05, 0) is 18.2 Å². The minimum absolute atomic E-state index is 0.159. The Kier molecular flexibility index (Phi) is 5.62. The number of piperazine rings is 1. The van der Waals surface area contributed by atoms with Crippen LogP contribution in [0.15, 0.2) is 18.2 Å². The van der Waals surface area contributed by atoms with Gasteiger partial charge in [0.05, 0.1) is 19.9 Å². The maximum absolute atomic E-state index is 12.6. The molecular formula is C16H21N3O5. The Morgan fingerprint density at radius 3 is 2.21 bits per heavy atom. The molecule has 0 radical (unpaired) electrons. The lowest BCUT2D eigenvalue weighted by molar-refractivity contribution is -0.114. The Bertz CT molecular complexity index is 639. The van der Waals surface area contributed by atoms with Gasteiger partial charge in [-0.25, -0.2) is 4.79 Å². The second-order valence-electron chi connectivity index (χ2n) is 5.35. The number of anilines is 1. The molecule has 1 fully saturated rings. The van der Waals surface area contributed by atoms with E-state index in [1.165, 1.54) is 21.1 Å². The summed E-state index contributed by atoms with van der Waals surface area (Å²) in [7, 11) is 2.83. The van der Waals surface area contributed by atoms with Gasteiger partial charge in [-0.2, -0.15) is 0 Å². The summed E-state index contributed by atoms with van der Waals surface area (Å²) in [5.41, 5.74) is 0.898. The molecule has 130 valence electrons. The first-order valence-electron chi connectivity index (χ1n) is 7.54. The highest BCUT2D eigenvalue weighted by atomic mass is 16.5. The summed E-state index contributed by atoms with van der Waals surface area (Å²) in [6.07, 6.45) is -0.389. The van der Waals surface area contributed by atoms with Crippen molar-refractivity contribution in [3.05, 3.63) is 23.8 Å². The van der Waals surface area contributed by atoms with Crippen LogP contribution in [0, 0.1) is 0 Å². The van der Waals surface area contributed by atoms with E-state index in [0.29, 0.717) is 43.2 Å². The fourth-order valence-corrected chi connectivity index (χ4v) is 2.53. The van der Waals surface area contributed by atoms with Crippen LogP contribution in [0.3, 0.4) is 0 Å². The minimum Gasteiger partial charge on any atom is -0.495 e. The van der Waals surface area contributed by atoms with Gasteiger partial charge in [-0.3, -0.25) is 9.59 Å². The van der Waals surface area contributed by atoms with E-state index in [1.807, 2.05) is 0 Å². The van der Waals surface area contributed by atoms with Gasteiger partial charge in [0, 0.05) is 38.7 Å². The van der Waals surface area contributed by atoms with E-state index in [-0.39, 0.29) is 17.9 Å². The highest BCUT2D eigenvalue weighted by Gasteiger charge is 2.25. The zero-order valence-corrected chi connectivity index (χ0v) is 14.0. The quantitative estimate of drug-likeness (QED) is 0.896. The number of carbonyl (C=O) groups is 3. The van der Waals surface area contributed by atoms with E-state index in [1.54, 1.807) is 28.0 Å². The molecule has 1 aliphatic heterocycles. The van der Waals surface area contributed by atoms with Crippen LogP contribution in [0.5, 0.6) is 5.75 Å². The fourth-order valence-electron chi connectivity index (χ4n) is 2.53. The molecule has 1 aliphatic rings. The molecule has 3 amide bonds. The third-order valence-electron chi connectivity index (χ3n) is 3.76. The number of amides is 3. The summed E-state index contributed by atoms with van der Waals surface area (Å²) in [6.45, 7) is 3.09. The van der Waals surface area contributed by atoms with Crippen molar-refractivity contribution >= 4 is 23.6 Å². The van der Waals surface area contributed by atoms with Gasteiger partial charge in [0.15, 0.2) is 0 Å². The molecule has 0 unspecified atom stereocenters. The third-order valence-corrected chi connectivity index (χ3v) is 3.76. The molecule has 0 bridgehead atoms. The number of methoxy groups -OCH3 is 2. The lowest BCUT2D eigenvalue weighted by Gasteiger charge is -2.33. The molecule has 0 aromatic heterocycles. The SMILES string of the molecule is COC(=O)N1CCN(C(=O)c2ccc(OC)c(NC(C)=O)c2)CC1. The molecule has 1 aromatic rings. The summed E-state index contributed by atoms with van der Waals surface area (Å²) in [6, 6.07) is 4.89. The van der Waals surface area contributed by atoms with Gasteiger partial charge in [0.2, 0.25) is 5.91 Å². The predicted octanol–water partition coefficient (Wildman–Crippen LogP) is 1.18. The van der Waals surface area contributed by atoms with Crippen LogP contribution in [-0.2, 0) is 9.53 Å². The topological polar surface area (TPSA) is 88.2 Å². The number of benzene rings is 1. The van der Waals surface area contributed by atoms with E-state index in [0.717, 1.165) is 0 Å². The number of ether oxygens (including phenoxy) is 2. The van der Waals surface area contributed by atoms with Gasteiger partial charge in [-0.15, -0.1) is 0 Å². The number of carbonyl (C=O) groups excluding carboxylic acids is 3. The van der Waals surface area contributed by atoms with E-state index in [2.05, 4.69) is 10.1 Å².